The summed E-state index contributed by atoms with van der Waals surface area (Å²) in [6, 6.07) is 15.6. The fourth-order valence-corrected chi connectivity index (χ4v) is 5.83. The van der Waals surface area contributed by atoms with Crippen LogP contribution in [-0.2, 0) is 19.4 Å². The molecule has 0 atom stereocenters. The zero-order valence-electron chi connectivity index (χ0n) is 20.9. The van der Waals surface area contributed by atoms with Crippen LogP contribution in [0.2, 0.25) is 0 Å². The Kier molecular flexibility index (Phi) is 5.99. The van der Waals surface area contributed by atoms with Crippen molar-refractivity contribution >= 4 is 22.2 Å². The lowest BCUT2D eigenvalue weighted by atomic mass is 9.97. The lowest BCUT2D eigenvalue weighted by molar-refractivity contribution is 0.330. The Labute approximate surface area is 216 Å². The predicted molar refractivity (Wildman–Crippen MR) is 146 cm³/mol. The average molecular weight is 498 g/mol. The number of benzene rings is 2. The van der Waals surface area contributed by atoms with Gasteiger partial charge in [-0.25, -0.2) is 9.67 Å². The fourth-order valence-electron chi connectivity index (χ4n) is 4.86. The van der Waals surface area contributed by atoms with Crippen LogP contribution in [0, 0.1) is 0 Å². The maximum absolute atomic E-state index is 4.84. The molecule has 0 aliphatic carbocycles. The van der Waals surface area contributed by atoms with E-state index in [4.69, 9.17) is 4.98 Å². The summed E-state index contributed by atoms with van der Waals surface area (Å²) in [5, 5.41) is 7.47. The first-order valence-corrected chi connectivity index (χ1v) is 13.3. The molecular formula is C28H31N7S. The molecule has 0 saturated heterocycles. The Morgan fingerprint density at radius 2 is 2.03 bits per heavy atom. The Bertz CT molecular complexity index is 1400. The summed E-state index contributed by atoms with van der Waals surface area (Å²) < 4.78 is 1.94. The van der Waals surface area contributed by atoms with Gasteiger partial charge in [-0.2, -0.15) is 5.10 Å². The van der Waals surface area contributed by atoms with Crippen LogP contribution in [-0.4, -0.2) is 33.4 Å². The topological polar surface area (TPSA) is 61.3 Å². The molecule has 4 aromatic rings. The molecular weight excluding hydrogens is 466 g/mol. The van der Waals surface area contributed by atoms with Crippen molar-refractivity contribution in [2.24, 2.45) is 0 Å². The first-order chi connectivity index (χ1) is 17.5. The average Bonchev–Trinajstić information content (AvgIpc) is 3.66. The van der Waals surface area contributed by atoms with Gasteiger partial charge in [0.1, 0.15) is 0 Å². The minimum Gasteiger partial charge on any atom is -0.343 e. The standard InChI is InChI=1S/C28H31N7S/c1-19(2)23-11-20(12-25(15-23)35-9-4-8-30-35)13-26-16-29-28(36-26)34-10-7-21-5-6-22(14-24(21)17-34)27-18-33(3)32-31-27/h4-6,8-9,11-12,14-16,18-19,31-32H,7,10,13,17H2,1-3H3. The van der Waals surface area contributed by atoms with Crippen LogP contribution in [0.1, 0.15) is 52.5 Å². The summed E-state index contributed by atoms with van der Waals surface area (Å²) in [5.74, 6) is 0.459. The molecule has 184 valence electrons. The first kappa shape index (κ1) is 22.8. The molecule has 0 saturated carbocycles. The van der Waals surface area contributed by atoms with E-state index in [1.807, 2.05) is 46.5 Å². The van der Waals surface area contributed by atoms with Crippen molar-refractivity contribution in [2.75, 3.05) is 18.5 Å². The largest absolute Gasteiger partial charge is 0.343 e. The maximum Gasteiger partial charge on any atom is 0.185 e. The van der Waals surface area contributed by atoms with Crippen LogP contribution in [0.4, 0.5) is 5.13 Å². The van der Waals surface area contributed by atoms with Crippen molar-refractivity contribution in [3.8, 4) is 5.69 Å². The Morgan fingerprint density at radius 1 is 1.11 bits per heavy atom. The van der Waals surface area contributed by atoms with Crippen LogP contribution >= 0.6 is 11.3 Å². The number of anilines is 1. The molecule has 8 heteroatoms. The van der Waals surface area contributed by atoms with E-state index >= 15 is 0 Å². The third kappa shape index (κ3) is 4.62. The quantitative estimate of drug-likeness (QED) is 0.397. The van der Waals surface area contributed by atoms with E-state index in [1.165, 1.54) is 32.7 Å². The molecule has 2 aliphatic heterocycles. The van der Waals surface area contributed by atoms with Gasteiger partial charge in [0.25, 0.3) is 0 Å². The van der Waals surface area contributed by atoms with Crippen LogP contribution < -0.4 is 15.9 Å². The first-order valence-electron chi connectivity index (χ1n) is 12.4. The summed E-state index contributed by atoms with van der Waals surface area (Å²) in [6.07, 6.45) is 9.87. The van der Waals surface area contributed by atoms with Crippen molar-refractivity contribution < 1.29 is 0 Å². The number of aromatic nitrogens is 3. The van der Waals surface area contributed by atoms with Crippen LogP contribution in [0.25, 0.3) is 11.4 Å². The summed E-state index contributed by atoms with van der Waals surface area (Å²) in [4.78, 5) is 8.54. The second-order valence-corrected chi connectivity index (χ2v) is 11.0. The van der Waals surface area contributed by atoms with E-state index in [0.717, 1.165) is 42.4 Å². The number of hydrazine groups is 2. The van der Waals surface area contributed by atoms with E-state index in [9.17, 15) is 0 Å². The summed E-state index contributed by atoms with van der Waals surface area (Å²) in [5.41, 5.74) is 15.2. The minimum absolute atomic E-state index is 0.459. The zero-order chi connectivity index (χ0) is 24.6. The van der Waals surface area contributed by atoms with E-state index in [2.05, 4.69) is 83.6 Å². The van der Waals surface area contributed by atoms with Gasteiger partial charge in [-0.05, 0) is 58.9 Å². The highest BCUT2D eigenvalue weighted by molar-refractivity contribution is 7.15. The summed E-state index contributed by atoms with van der Waals surface area (Å²) in [6.45, 7) is 6.37. The van der Waals surface area contributed by atoms with Gasteiger partial charge in [0.2, 0.25) is 0 Å². The van der Waals surface area contributed by atoms with Crippen molar-refractivity contribution in [2.45, 2.75) is 39.2 Å². The molecule has 0 spiro atoms. The minimum atomic E-state index is 0.459. The molecule has 36 heavy (non-hydrogen) atoms. The zero-order valence-corrected chi connectivity index (χ0v) is 21.7. The molecule has 6 rings (SSSR count). The van der Waals surface area contributed by atoms with E-state index < -0.39 is 0 Å². The van der Waals surface area contributed by atoms with Crippen molar-refractivity contribution in [1.29, 1.82) is 0 Å². The molecule has 0 bridgehead atoms. The number of hydrogen-bond acceptors (Lipinski definition) is 7. The number of fused-ring (bicyclic) bond motifs is 1. The van der Waals surface area contributed by atoms with Gasteiger partial charge < -0.3 is 10.3 Å². The Balaban J connectivity index is 1.21. The normalized spacial score (nSPS) is 15.3. The van der Waals surface area contributed by atoms with Crippen LogP contribution in [0.3, 0.4) is 0 Å². The number of thiazole rings is 1. The highest BCUT2D eigenvalue weighted by Gasteiger charge is 2.21. The Hall–Kier alpha value is -3.62. The van der Waals surface area contributed by atoms with Crippen molar-refractivity contribution in [3.63, 3.8) is 0 Å². The molecule has 0 unspecified atom stereocenters. The SMILES string of the molecule is CC(C)c1cc(Cc2cnc(N3CCc4ccc(C5=CN(C)NN5)cc4C3)s2)cc(-n2cccn2)c1. The van der Waals surface area contributed by atoms with E-state index in [0.29, 0.717) is 5.92 Å². The molecule has 4 heterocycles. The molecule has 2 aliphatic rings. The number of nitrogens with zero attached hydrogens (tertiary/aromatic N) is 5. The number of nitrogens with one attached hydrogen (secondary N) is 2. The highest BCUT2D eigenvalue weighted by Crippen LogP contribution is 2.31. The van der Waals surface area contributed by atoms with Gasteiger partial charge in [-0.3, -0.25) is 5.01 Å². The Morgan fingerprint density at radius 3 is 2.81 bits per heavy atom. The number of rotatable bonds is 6. The van der Waals surface area contributed by atoms with Gasteiger partial charge in [0.05, 0.1) is 11.4 Å². The van der Waals surface area contributed by atoms with E-state index in [-0.39, 0.29) is 0 Å². The lowest BCUT2D eigenvalue weighted by Gasteiger charge is -2.29. The molecule has 2 aromatic heterocycles. The highest BCUT2D eigenvalue weighted by atomic mass is 32.1. The molecule has 2 aromatic carbocycles. The summed E-state index contributed by atoms with van der Waals surface area (Å²) in [7, 11) is 1.98. The van der Waals surface area contributed by atoms with E-state index in [1.54, 1.807) is 0 Å². The molecule has 0 radical (unpaired) electrons. The van der Waals surface area contributed by atoms with Gasteiger partial charge >= 0.3 is 0 Å². The smallest absolute Gasteiger partial charge is 0.185 e. The van der Waals surface area contributed by atoms with Crippen LogP contribution in [0.5, 0.6) is 0 Å². The second kappa shape index (κ2) is 9.44. The fraction of sp³-hybridized carbons (Fsp3) is 0.286. The van der Waals surface area contributed by atoms with Crippen molar-refractivity contribution in [3.05, 3.63) is 99.9 Å². The maximum atomic E-state index is 4.84. The van der Waals surface area contributed by atoms with Crippen LogP contribution in [0.15, 0.2) is 67.3 Å². The van der Waals surface area contributed by atoms with Gasteiger partial charge in [-0.1, -0.05) is 32.0 Å². The third-order valence-corrected chi connectivity index (χ3v) is 7.90. The summed E-state index contributed by atoms with van der Waals surface area (Å²) >= 11 is 1.81. The second-order valence-electron chi connectivity index (χ2n) is 9.87. The van der Waals surface area contributed by atoms with Crippen molar-refractivity contribution in [1.82, 2.24) is 30.7 Å². The number of hydrogen-bond donors (Lipinski definition) is 2. The lowest BCUT2D eigenvalue weighted by Crippen LogP contribution is -2.33. The van der Waals surface area contributed by atoms with Gasteiger partial charge in [-0.15, -0.1) is 16.9 Å². The molecule has 0 amide bonds. The monoisotopic (exact) mass is 497 g/mol. The van der Waals surface area contributed by atoms with Gasteiger partial charge in [0, 0.05) is 61.8 Å². The predicted octanol–water partition coefficient (Wildman–Crippen LogP) is 4.86. The third-order valence-electron chi connectivity index (χ3n) is 6.84. The molecule has 7 nitrogen and oxygen atoms in total. The van der Waals surface area contributed by atoms with Gasteiger partial charge in [0.15, 0.2) is 5.13 Å². The molecule has 0 fully saturated rings. The molecule has 2 N–H and O–H groups in total.